The highest BCUT2D eigenvalue weighted by atomic mass is 15.2. The molecule has 2 N–H and O–H groups in total. The van der Waals surface area contributed by atoms with Gasteiger partial charge in [-0.25, -0.2) is 0 Å². The Morgan fingerprint density at radius 2 is 1.94 bits per heavy atom. The molecule has 17 heavy (non-hydrogen) atoms. The number of hydrogen-bond donors (Lipinski definition) is 2. The molecule has 0 bridgehead atoms. The lowest BCUT2D eigenvalue weighted by Crippen LogP contribution is -2.38. The van der Waals surface area contributed by atoms with Crippen LogP contribution in [-0.2, 0) is 6.54 Å². The van der Waals surface area contributed by atoms with E-state index >= 15 is 0 Å². The van der Waals surface area contributed by atoms with Crippen LogP contribution in [0.1, 0.15) is 26.7 Å². The summed E-state index contributed by atoms with van der Waals surface area (Å²) in [6, 6.07) is 4.08. The van der Waals surface area contributed by atoms with E-state index in [1.54, 1.807) is 0 Å². The minimum absolute atomic E-state index is 0.895. The average molecular weight is 236 g/mol. The summed E-state index contributed by atoms with van der Waals surface area (Å²) in [5, 5.41) is 6.59. The lowest BCUT2D eigenvalue weighted by atomic mass is 10.3. The minimum Gasteiger partial charge on any atom is -0.357 e. The lowest BCUT2D eigenvalue weighted by Gasteiger charge is -2.11. The fraction of sp³-hybridized carbons (Fsp3) is 0.615. The standard InChI is InChI=1S/C13H24N4/c1-3-5-8-15-13(14-4-2)16-9-12-17-10-6-7-11-17/h6-7,10-11H,3-5,8-9,12H2,1-2H3,(H2,14,15,16). The quantitative estimate of drug-likeness (QED) is 0.431. The van der Waals surface area contributed by atoms with Gasteiger partial charge in [-0.15, -0.1) is 0 Å². The first-order valence-corrected chi connectivity index (χ1v) is 6.49. The molecule has 0 unspecified atom stereocenters. The Labute approximate surface area is 104 Å². The number of nitrogens with zero attached hydrogens (tertiary/aromatic N) is 2. The number of hydrogen-bond acceptors (Lipinski definition) is 1. The zero-order valence-corrected chi connectivity index (χ0v) is 10.9. The van der Waals surface area contributed by atoms with Gasteiger partial charge in [0.05, 0.1) is 0 Å². The fourth-order valence-corrected chi connectivity index (χ4v) is 1.51. The summed E-state index contributed by atoms with van der Waals surface area (Å²) in [5.41, 5.74) is 0. The Bertz CT molecular complexity index is 303. The summed E-state index contributed by atoms with van der Waals surface area (Å²) in [6.45, 7) is 7.93. The largest absolute Gasteiger partial charge is 0.357 e. The molecule has 0 radical (unpaired) electrons. The van der Waals surface area contributed by atoms with Crippen molar-refractivity contribution < 1.29 is 0 Å². The van der Waals surface area contributed by atoms with Crippen molar-refractivity contribution in [3.05, 3.63) is 24.5 Å². The van der Waals surface area contributed by atoms with Gasteiger partial charge in [0.2, 0.25) is 0 Å². The van der Waals surface area contributed by atoms with E-state index in [4.69, 9.17) is 0 Å². The van der Waals surface area contributed by atoms with Crippen molar-refractivity contribution >= 4 is 5.96 Å². The molecule has 1 aromatic heterocycles. The van der Waals surface area contributed by atoms with Gasteiger partial charge in [-0.05, 0) is 25.5 Å². The van der Waals surface area contributed by atoms with Crippen molar-refractivity contribution in [3.8, 4) is 0 Å². The molecule has 1 heterocycles. The molecule has 0 aromatic carbocycles. The molecule has 1 rings (SSSR count). The van der Waals surface area contributed by atoms with Crippen molar-refractivity contribution in [2.75, 3.05) is 19.6 Å². The first-order valence-electron chi connectivity index (χ1n) is 6.49. The molecule has 4 nitrogen and oxygen atoms in total. The van der Waals surface area contributed by atoms with Gasteiger partial charge in [-0.3, -0.25) is 4.99 Å². The van der Waals surface area contributed by atoms with Gasteiger partial charge in [0.15, 0.2) is 5.96 Å². The molecule has 0 spiro atoms. The SMILES string of the molecule is CCCCN=C(NCC)NCCn1cccc1. The van der Waals surface area contributed by atoms with Crippen molar-refractivity contribution in [2.24, 2.45) is 4.99 Å². The highest BCUT2D eigenvalue weighted by molar-refractivity contribution is 5.79. The molecule has 0 aliphatic carbocycles. The number of guanidine groups is 1. The third-order valence-corrected chi connectivity index (χ3v) is 2.45. The van der Waals surface area contributed by atoms with Gasteiger partial charge in [0.25, 0.3) is 0 Å². The molecule has 0 aliphatic rings. The normalized spacial score (nSPS) is 11.5. The molecular weight excluding hydrogens is 212 g/mol. The van der Waals surface area contributed by atoms with Crippen molar-refractivity contribution in [2.45, 2.75) is 33.2 Å². The predicted molar refractivity (Wildman–Crippen MR) is 73.3 cm³/mol. The van der Waals surface area contributed by atoms with Crippen LogP contribution in [-0.4, -0.2) is 30.2 Å². The molecule has 0 atom stereocenters. The molecule has 96 valence electrons. The molecular formula is C13H24N4. The maximum absolute atomic E-state index is 4.51. The highest BCUT2D eigenvalue weighted by Crippen LogP contribution is 1.89. The summed E-state index contributed by atoms with van der Waals surface area (Å²) in [6.07, 6.45) is 6.48. The Hall–Kier alpha value is -1.45. The summed E-state index contributed by atoms with van der Waals surface area (Å²) in [4.78, 5) is 4.51. The molecule has 4 heteroatoms. The van der Waals surface area contributed by atoms with E-state index < -0.39 is 0 Å². The third kappa shape index (κ3) is 6.00. The van der Waals surface area contributed by atoms with Gasteiger partial charge in [0, 0.05) is 38.6 Å². The van der Waals surface area contributed by atoms with Crippen LogP contribution >= 0.6 is 0 Å². The zero-order chi connectivity index (χ0) is 12.3. The van der Waals surface area contributed by atoms with E-state index in [1.165, 1.54) is 6.42 Å². The Morgan fingerprint density at radius 3 is 2.59 bits per heavy atom. The summed E-state index contributed by atoms with van der Waals surface area (Å²) in [7, 11) is 0. The Balaban J connectivity index is 2.25. The lowest BCUT2D eigenvalue weighted by molar-refractivity contribution is 0.664. The molecule has 0 saturated heterocycles. The molecule has 0 fully saturated rings. The zero-order valence-electron chi connectivity index (χ0n) is 10.9. The monoisotopic (exact) mass is 236 g/mol. The summed E-state index contributed by atoms with van der Waals surface area (Å²) < 4.78 is 2.16. The molecule has 0 aliphatic heterocycles. The van der Waals surface area contributed by atoms with Gasteiger partial charge in [0.1, 0.15) is 0 Å². The second-order valence-electron chi connectivity index (χ2n) is 3.96. The third-order valence-electron chi connectivity index (χ3n) is 2.45. The van der Waals surface area contributed by atoms with E-state index in [0.717, 1.165) is 38.6 Å². The van der Waals surface area contributed by atoms with Gasteiger partial charge < -0.3 is 15.2 Å². The first-order chi connectivity index (χ1) is 8.36. The summed E-state index contributed by atoms with van der Waals surface area (Å²) in [5.74, 6) is 0.924. The van der Waals surface area contributed by atoms with Crippen LogP contribution < -0.4 is 10.6 Å². The van der Waals surface area contributed by atoms with Gasteiger partial charge in [-0.1, -0.05) is 13.3 Å². The van der Waals surface area contributed by atoms with E-state index in [2.05, 4.69) is 46.4 Å². The van der Waals surface area contributed by atoms with Crippen LogP contribution in [0.5, 0.6) is 0 Å². The van der Waals surface area contributed by atoms with E-state index in [9.17, 15) is 0 Å². The second-order valence-corrected chi connectivity index (χ2v) is 3.96. The van der Waals surface area contributed by atoms with Gasteiger partial charge in [-0.2, -0.15) is 0 Å². The van der Waals surface area contributed by atoms with Crippen LogP contribution in [0.4, 0.5) is 0 Å². The maximum atomic E-state index is 4.51. The fourth-order valence-electron chi connectivity index (χ4n) is 1.51. The smallest absolute Gasteiger partial charge is 0.191 e. The average Bonchev–Trinajstić information content (AvgIpc) is 2.82. The number of nitrogens with one attached hydrogen (secondary N) is 2. The number of aliphatic imine (C=N–C) groups is 1. The Kier molecular flexibility index (Phi) is 6.95. The minimum atomic E-state index is 0.895. The van der Waals surface area contributed by atoms with Crippen molar-refractivity contribution in [1.82, 2.24) is 15.2 Å². The number of rotatable bonds is 7. The van der Waals surface area contributed by atoms with Crippen LogP contribution in [0.3, 0.4) is 0 Å². The van der Waals surface area contributed by atoms with Crippen LogP contribution in [0.2, 0.25) is 0 Å². The van der Waals surface area contributed by atoms with Crippen molar-refractivity contribution in [3.63, 3.8) is 0 Å². The Morgan fingerprint density at radius 1 is 1.18 bits per heavy atom. The van der Waals surface area contributed by atoms with E-state index in [1.807, 2.05) is 12.1 Å². The van der Waals surface area contributed by atoms with E-state index in [-0.39, 0.29) is 0 Å². The van der Waals surface area contributed by atoms with Crippen LogP contribution in [0.25, 0.3) is 0 Å². The number of unbranched alkanes of at least 4 members (excludes halogenated alkanes) is 1. The molecule has 1 aromatic rings. The van der Waals surface area contributed by atoms with Crippen LogP contribution in [0.15, 0.2) is 29.5 Å². The van der Waals surface area contributed by atoms with E-state index in [0.29, 0.717) is 0 Å². The number of aromatic nitrogens is 1. The second kappa shape index (κ2) is 8.67. The predicted octanol–water partition coefficient (Wildman–Crippen LogP) is 1.84. The van der Waals surface area contributed by atoms with Gasteiger partial charge >= 0.3 is 0 Å². The van der Waals surface area contributed by atoms with Crippen LogP contribution in [0, 0.1) is 0 Å². The topological polar surface area (TPSA) is 41.4 Å². The molecule has 0 saturated carbocycles. The maximum Gasteiger partial charge on any atom is 0.191 e. The highest BCUT2D eigenvalue weighted by Gasteiger charge is 1.95. The first kappa shape index (κ1) is 13.6. The molecule has 0 amide bonds. The van der Waals surface area contributed by atoms with Crippen molar-refractivity contribution in [1.29, 1.82) is 0 Å². The summed E-state index contributed by atoms with van der Waals surface area (Å²) >= 11 is 0.